The first kappa shape index (κ1) is 27.0. The van der Waals surface area contributed by atoms with Crippen LogP contribution < -0.4 is 9.47 Å². The van der Waals surface area contributed by atoms with Crippen LogP contribution in [0.1, 0.15) is 82.0 Å². The van der Waals surface area contributed by atoms with E-state index in [0.29, 0.717) is 11.5 Å². The maximum absolute atomic E-state index is 11.0. The molecule has 176 valence electrons. The highest BCUT2D eigenvalue weighted by molar-refractivity contribution is 5.88. The molecule has 0 fully saturated rings. The summed E-state index contributed by atoms with van der Waals surface area (Å²) in [5.41, 5.74) is 0.206. The van der Waals surface area contributed by atoms with Gasteiger partial charge in [-0.2, -0.15) is 0 Å². The summed E-state index contributed by atoms with van der Waals surface area (Å²) in [6, 6.07) is 13.9. The van der Waals surface area contributed by atoms with Crippen LogP contribution in [0.25, 0.3) is 0 Å². The molecule has 2 rings (SSSR count). The monoisotopic (exact) mass is 444 g/mol. The molecular formula is C26H36O6. The predicted molar refractivity (Wildman–Crippen MR) is 126 cm³/mol. The molecule has 0 heterocycles. The maximum atomic E-state index is 11.0. The zero-order chi connectivity index (χ0) is 23.6. The first-order chi connectivity index (χ1) is 15.5. The molecule has 0 radical (unpaired) electrons. The molecule has 2 aromatic rings. The van der Waals surface area contributed by atoms with Crippen molar-refractivity contribution in [2.45, 2.75) is 71.6 Å². The largest absolute Gasteiger partial charge is 0.494 e. The van der Waals surface area contributed by atoms with E-state index in [1.54, 1.807) is 19.1 Å². The van der Waals surface area contributed by atoms with Gasteiger partial charge in [0, 0.05) is 6.42 Å². The predicted octanol–water partition coefficient (Wildman–Crippen LogP) is 7.18. The quantitative estimate of drug-likeness (QED) is 0.300. The van der Waals surface area contributed by atoms with Gasteiger partial charge in [-0.05, 0) is 48.9 Å². The highest BCUT2D eigenvalue weighted by Crippen LogP contribution is 2.24. The molecule has 0 unspecified atom stereocenters. The molecule has 0 aromatic heterocycles. The average Bonchev–Trinajstić information content (AvgIpc) is 2.79. The summed E-state index contributed by atoms with van der Waals surface area (Å²) >= 11 is 0. The molecule has 0 spiro atoms. The Morgan fingerprint density at radius 3 is 1.88 bits per heavy atom. The number of hydrogen-bond donors (Lipinski definition) is 2. The Bertz CT molecular complexity index is 785. The molecule has 0 aliphatic rings. The van der Waals surface area contributed by atoms with E-state index in [-0.39, 0.29) is 12.0 Å². The third-order valence-corrected chi connectivity index (χ3v) is 4.71. The van der Waals surface area contributed by atoms with Gasteiger partial charge in [-0.1, -0.05) is 64.9 Å². The van der Waals surface area contributed by atoms with Crippen LogP contribution in [0.5, 0.6) is 17.2 Å². The Morgan fingerprint density at radius 2 is 1.31 bits per heavy atom. The van der Waals surface area contributed by atoms with E-state index < -0.39 is 11.9 Å². The second-order valence-corrected chi connectivity index (χ2v) is 7.48. The van der Waals surface area contributed by atoms with Crippen molar-refractivity contribution in [3.05, 3.63) is 54.1 Å². The van der Waals surface area contributed by atoms with E-state index >= 15 is 0 Å². The molecule has 2 aromatic carbocycles. The van der Waals surface area contributed by atoms with Gasteiger partial charge in [-0.3, -0.25) is 4.79 Å². The lowest BCUT2D eigenvalue weighted by Gasteiger charge is -2.09. The van der Waals surface area contributed by atoms with E-state index in [9.17, 15) is 9.59 Å². The van der Waals surface area contributed by atoms with Crippen LogP contribution in [0.3, 0.4) is 0 Å². The number of rotatable bonds is 14. The van der Waals surface area contributed by atoms with Crippen LogP contribution in [0.15, 0.2) is 48.5 Å². The Hall–Kier alpha value is -3.02. The summed E-state index contributed by atoms with van der Waals surface area (Å²) in [7, 11) is 0. The van der Waals surface area contributed by atoms with E-state index in [0.717, 1.165) is 18.8 Å². The van der Waals surface area contributed by atoms with Gasteiger partial charge in [0.25, 0.3) is 0 Å². The van der Waals surface area contributed by atoms with Gasteiger partial charge in [-0.25, -0.2) is 4.79 Å². The lowest BCUT2D eigenvalue weighted by molar-refractivity contribution is -0.136. The number of aromatic carboxylic acids is 1. The SMILES string of the molecule is CCC(=O)O.CCCCCCCCCCOc1ccc(Oc2cccc(C(=O)O)c2)cc1. The van der Waals surface area contributed by atoms with Crippen molar-refractivity contribution < 1.29 is 29.3 Å². The summed E-state index contributed by atoms with van der Waals surface area (Å²) in [6.45, 7) is 4.57. The first-order valence-electron chi connectivity index (χ1n) is 11.4. The highest BCUT2D eigenvalue weighted by atomic mass is 16.5. The number of carbonyl (C=O) groups is 2. The van der Waals surface area contributed by atoms with Gasteiger partial charge < -0.3 is 19.7 Å². The number of hydrogen-bond acceptors (Lipinski definition) is 4. The van der Waals surface area contributed by atoms with Gasteiger partial charge in [0.2, 0.25) is 0 Å². The van der Waals surface area contributed by atoms with Gasteiger partial charge in [-0.15, -0.1) is 0 Å². The van der Waals surface area contributed by atoms with Gasteiger partial charge >= 0.3 is 11.9 Å². The molecule has 0 aliphatic carbocycles. The topological polar surface area (TPSA) is 93.1 Å². The summed E-state index contributed by atoms with van der Waals surface area (Å²) in [5.74, 6) is 0.263. The molecule has 0 aliphatic heterocycles. The van der Waals surface area contributed by atoms with Crippen molar-refractivity contribution in [2.75, 3.05) is 6.61 Å². The van der Waals surface area contributed by atoms with E-state index in [2.05, 4.69) is 6.92 Å². The van der Waals surface area contributed by atoms with Gasteiger partial charge in [0.05, 0.1) is 12.2 Å². The Morgan fingerprint density at radius 1 is 0.750 bits per heavy atom. The zero-order valence-electron chi connectivity index (χ0n) is 19.2. The van der Waals surface area contributed by atoms with Crippen LogP contribution >= 0.6 is 0 Å². The molecular weight excluding hydrogens is 408 g/mol. The van der Waals surface area contributed by atoms with E-state index in [1.807, 2.05) is 24.3 Å². The Labute approximate surface area is 191 Å². The number of aliphatic carboxylic acids is 1. The second-order valence-electron chi connectivity index (χ2n) is 7.48. The number of benzene rings is 2. The molecule has 0 atom stereocenters. The minimum absolute atomic E-state index is 0.206. The van der Waals surface area contributed by atoms with Gasteiger partial charge in [0.15, 0.2) is 0 Å². The number of ether oxygens (including phenoxy) is 2. The lowest BCUT2D eigenvalue weighted by Crippen LogP contribution is -1.97. The summed E-state index contributed by atoms with van der Waals surface area (Å²) in [6.07, 6.45) is 10.5. The highest BCUT2D eigenvalue weighted by Gasteiger charge is 2.05. The number of carboxylic acids is 2. The number of carboxylic acid groups (broad SMARTS) is 2. The first-order valence-corrected chi connectivity index (χ1v) is 11.4. The van der Waals surface area contributed by atoms with Crippen molar-refractivity contribution in [1.82, 2.24) is 0 Å². The smallest absolute Gasteiger partial charge is 0.335 e. The van der Waals surface area contributed by atoms with Crippen LogP contribution in [0.4, 0.5) is 0 Å². The van der Waals surface area contributed by atoms with E-state index in [1.165, 1.54) is 57.1 Å². The molecule has 6 heteroatoms. The van der Waals surface area contributed by atoms with Crippen molar-refractivity contribution in [3.63, 3.8) is 0 Å². The van der Waals surface area contributed by atoms with E-state index in [4.69, 9.17) is 19.7 Å². The molecule has 0 amide bonds. The Kier molecular flexibility index (Phi) is 14.1. The molecule has 32 heavy (non-hydrogen) atoms. The van der Waals surface area contributed by atoms with Crippen LogP contribution in [-0.2, 0) is 4.79 Å². The third-order valence-electron chi connectivity index (χ3n) is 4.71. The minimum atomic E-state index is -0.967. The van der Waals surface area contributed by atoms with Crippen LogP contribution in [-0.4, -0.2) is 28.8 Å². The van der Waals surface area contributed by atoms with Crippen molar-refractivity contribution in [1.29, 1.82) is 0 Å². The van der Waals surface area contributed by atoms with Crippen molar-refractivity contribution >= 4 is 11.9 Å². The lowest BCUT2D eigenvalue weighted by atomic mass is 10.1. The molecule has 0 saturated heterocycles. The maximum Gasteiger partial charge on any atom is 0.335 e. The molecule has 6 nitrogen and oxygen atoms in total. The summed E-state index contributed by atoms with van der Waals surface area (Å²) in [4.78, 5) is 20.4. The van der Waals surface area contributed by atoms with Crippen molar-refractivity contribution in [2.24, 2.45) is 0 Å². The van der Waals surface area contributed by atoms with Crippen LogP contribution in [0, 0.1) is 0 Å². The molecule has 2 N–H and O–H groups in total. The fourth-order valence-corrected chi connectivity index (χ4v) is 2.86. The van der Waals surface area contributed by atoms with Crippen molar-refractivity contribution in [3.8, 4) is 17.2 Å². The molecule has 0 saturated carbocycles. The second kappa shape index (κ2) is 16.6. The Balaban J connectivity index is 0.000000920. The zero-order valence-corrected chi connectivity index (χ0v) is 19.2. The standard InChI is InChI=1S/C23H30O4.C3H6O2/c1-2-3-4-5-6-7-8-9-17-26-20-13-15-21(16-14-20)27-22-12-10-11-19(18-22)23(24)25;1-2-3(4)5/h10-16,18H,2-9,17H2,1H3,(H,24,25);2H2,1H3,(H,4,5). The fraction of sp³-hybridized carbons (Fsp3) is 0.462. The minimum Gasteiger partial charge on any atom is -0.494 e. The van der Waals surface area contributed by atoms with Crippen LogP contribution in [0.2, 0.25) is 0 Å². The summed E-state index contributed by atoms with van der Waals surface area (Å²) < 4.78 is 11.5. The van der Waals surface area contributed by atoms with Gasteiger partial charge in [0.1, 0.15) is 17.2 Å². The fourth-order valence-electron chi connectivity index (χ4n) is 2.86. The average molecular weight is 445 g/mol. The summed E-state index contributed by atoms with van der Waals surface area (Å²) in [5, 5.41) is 16.7. The number of unbranched alkanes of at least 4 members (excludes halogenated alkanes) is 7. The molecule has 0 bridgehead atoms. The third kappa shape index (κ3) is 12.6. The normalized spacial score (nSPS) is 10.1.